The molecule has 0 spiro atoms. The van der Waals surface area contributed by atoms with Crippen LogP contribution in [0.5, 0.6) is 5.75 Å². The Kier molecular flexibility index (Phi) is 12.3. The first-order chi connectivity index (χ1) is 22.4. The molecule has 0 amide bonds. The van der Waals surface area contributed by atoms with Crippen LogP contribution in [0.15, 0.2) is 36.4 Å². The summed E-state index contributed by atoms with van der Waals surface area (Å²) >= 11 is 1.04. The van der Waals surface area contributed by atoms with Crippen LogP contribution in [0.2, 0.25) is 0 Å². The van der Waals surface area contributed by atoms with Crippen LogP contribution in [0.1, 0.15) is 16.9 Å². The van der Waals surface area contributed by atoms with Crippen molar-refractivity contribution in [3.05, 3.63) is 46.8 Å². The number of aliphatic hydroxyl groups is 1. The molecule has 3 N–H and O–H groups in total. The molecule has 0 aliphatic carbocycles. The molecule has 2 heterocycles. The lowest BCUT2D eigenvalue weighted by Crippen LogP contribution is -2.50. The number of nitrogens with zero attached hydrogens (tertiary/aromatic N) is 1. The number of thiophene rings is 1. The Morgan fingerprint density at radius 3 is 2.52 bits per heavy atom. The summed E-state index contributed by atoms with van der Waals surface area (Å²) in [6.07, 6.45) is -12.1. The van der Waals surface area contributed by atoms with E-state index in [1.807, 2.05) is 0 Å². The number of hydrogen-bond acceptors (Lipinski definition) is 8. The molecule has 3 unspecified atom stereocenters. The number of likely N-dealkylation sites (tertiary alicyclic amines) is 1. The highest BCUT2D eigenvalue weighted by atomic mass is 32.1. The Hall–Kier alpha value is -3.02. The lowest BCUT2D eigenvalue weighted by atomic mass is 10.0. The molecule has 264 valence electrons. The minimum atomic E-state index is -4.62. The molecular weight excluding hydrogens is 686 g/mol. The van der Waals surface area contributed by atoms with E-state index in [0.717, 1.165) is 11.3 Å². The predicted octanol–water partition coefficient (Wildman–Crippen LogP) is 6.49. The van der Waals surface area contributed by atoms with Gasteiger partial charge in [0.1, 0.15) is 19.1 Å². The van der Waals surface area contributed by atoms with Crippen LogP contribution < -0.4 is 20.7 Å². The van der Waals surface area contributed by atoms with Gasteiger partial charge >= 0.3 is 12.4 Å². The molecular formula is C32H37F7N3O4PS. The Bertz CT molecular complexity index is 1670. The number of methoxy groups -OCH3 is 1. The molecule has 2 aromatic carbocycles. The van der Waals surface area contributed by atoms with Gasteiger partial charge < -0.3 is 29.8 Å². The lowest BCUT2D eigenvalue weighted by molar-refractivity contribution is -0.153. The molecule has 7 nitrogen and oxygen atoms in total. The zero-order valence-corrected chi connectivity index (χ0v) is 28.2. The summed E-state index contributed by atoms with van der Waals surface area (Å²) in [7, 11) is -1.35. The summed E-state index contributed by atoms with van der Waals surface area (Å²) in [6, 6.07) is 8.40. The topological polar surface area (TPSA) is 83.1 Å². The maximum Gasteiger partial charge on any atom is 0.422 e. The van der Waals surface area contributed by atoms with Crippen LogP contribution >= 0.6 is 18.5 Å². The van der Waals surface area contributed by atoms with E-state index in [-0.39, 0.29) is 48.1 Å². The molecule has 0 bridgehead atoms. The highest BCUT2D eigenvalue weighted by Gasteiger charge is 2.33. The number of piperidine rings is 1. The average Bonchev–Trinajstić information content (AvgIpc) is 3.31. The molecule has 16 heteroatoms. The fourth-order valence-electron chi connectivity index (χ4n) is 5.34. The third-order valence-electron chi connectivity index (χ3n) is 7.54. The van der Waals surface area contributed by atoms with Gasteiger partial charge in [0.05, 0.1) is 52.7 Å². The first-order valence-corrected chi connectivity index (χ1v) is 18.4. The van der Waals surface area contributed by atoms with Crippen molar-refractivity contribution in [2.75, 3.05) is 70.5 Å². The Morgan fingerprint density at radius 1 is 1.12 bits per heavy atom. The van der Waals surface area contributed by atoms with E-state index in [2.05, 4.69) is 22.5 Å². The fourth-order valence-corrected chi connectivity index (χ4v) is 7.37. The Labute approximate surface area is 278 Å². The minimum absolute atomic E-state index is 0.0300. The third kappa shape index (κ3) is 10.7. The Balaban J connectivity index is 1.55. The number of alkyl halides is 7. The number of benzene rings is 2. The van der Waals surface area contributed by atoms with Crippen LogP contribution in [0.4, 0.5) is 42.1 Å². The maximum atomic E-state index is 15.2. The molecule has 48 heavy (non-hydrogen) atoms. The largest absolute Gasteiger partial charge is 0.482 e. The minimum Gasteiger partial charge on any atom is -0.482 e. The molecule has 1 aliphatic heterocycles. The van der Waals surface area contributed by atoms with Crippen molar-refractivity contribution >= 4 is 45.2 Å². The van der Waals surface area contributed by atoms with Gasteiger partial charge in [-0.15, -0.1) is 11.3 Å². The fraction of sp³-hybridized carbons (Fsp3) is 0.500. The molecule has 0 saturated carbocycles. The van der Waals surface area contributed by atoms with E-state index >= 15 is 4.39 Å². The van der Waals surface area contributed by atoms with Crippen LogP contribution in [0, 0.1) is 11.8 Å². The molecule has 3 aromatic rings. The normalized spacial score (nSPS) is 18.3. The van der Waals surface area contributed by atoms with Crippen molar-refractivity contribution in [3.8, 4) is 17.6 Å². The third-order valence-corrected chi connectivity index (χ3v) is 10.3. The molecule has 0 radical (unpaired) electrons. The molecule has 3 atom stereocenters. The lowest BCUT2D eigenvalue weighted by Gasteiger charge is -2.36. The van der Waals surface area contributed by atoms with Gasteiger partial charge in [-0.05, 0) is 55.0 Å². The van der Waals surface area contributed by atoms with E-state index in [9.17, 15) is 36.0 Å². The van der Waals surface area contributed by atoms with Crippen molar-refractivity contribution in [3.63, 3.8) is 0 Å². The van der Waals surface area contributed by atoms with Gasteiger partial charge in [0.15, 0.2) is 6.61 Å². The summed E-state index contributed by atoms with van der Waals surface area (Å²) < 4.78 is 118. The molecule has 1 saturated heterocycles. The van der Waals surface area contributed by atoms with Crippen LogP contribution in [-0.2, 0) is 15.7 Å². The second-order valence-electron chi connectivity index (χ2n) is 11.9. The zero-order chi connectivity index (χ0) is 35.3. The monoisotopic (exact) mass is 723 g/mol. The second kappa shape index (κ2) is 15.7. The van der Waals surface area contributed by atoms with Gasteiger partial charge in [-0.25, -0.2) is 4.39 Å². The van der Waals surface area contributed by atoms with Crippen molar-refractivity contribution in [2.24, 2.45) is 0 Å². The van der Waals surface area contributed by atoms with E-state index in [4.69, 9.17) is 9.47 Å². The summed E-state index contributed by atoms with van der Waals surface area (Å²) in [6.45, 7) is 2.17. The van der Waals surface area contributed by atoms with Gasteiger partial charge in [0, 0.05) is 32.0 Å². The zero-order valence-electron chi connectivity index (χ0n) is 26.5. The first kappa shape index (κ1) is 37.8. The summed E-state index contributed by atoms with van der Waals surface area (Å²) in [4.78, 5) is 1.95. The highest BCUT2D eigenvalue weighted by molar-refractivity contribution is 7.70. The van der Waals surface area contributed by atoms with Crippen molar-refractivity contribution < 1.29 is 49.9 Å². The van der Waals surface area contributed by atoms with E-state index in [1.165, 1.54) is 38.6 Å². The number of halogens is 7. The summed E-state index contributed by atoms with van der Waals surface area (Å²) in [5.41, 5.74) is 0.588. The predicted molar refractivity (Wildman–Crippen MR) is 175 cm³/mol. The van der Waals surface area contributed by atoms with Crippen molar-refractivity contribution in [2.45, 2.75) is 43.5 Å². The number of nitrogens with one attached hydrogen (secondary N) is 2. The smallest absolute Gasteiger partial charge is 0.422 e. The average molecular weight is 724 g/mol. The van der Waals surface area contributed by atoms with E-state index in [1.54, 1.807) is 23.1 Å². The number of rotatable bonds is 12. The molecule has 4 rings (SSSR count). The van der Waals surface area contributed by atoms with Gasteiger partial charge in [0.2, 0.25) is 0 Å². The standard InChI is InChI=1S/C32H37F7N3O4PS/c1-45-18-20(43)16-42-13-11-25(24(33)17-42)41-27-7-4-6-22-23(15-31(34,35)36)29(48-30(22)27)8-5-12-40-26-10-9-21(47(2,3)44)14-28(26)46-19-32(37,38)39/h4,6-7,9-10,14,20,24-25,40-41,43H,11-13,15-19H2,1-3H3. The second-order valence-corrected chi connectivity index (χ2v) is 16.1. The summed E-state index contributed by atoms with van der Waals surface area (Å²) in [5, 5.41) is 16.7. The number of hydrogen-bond donors (Lipinski definition) is 3. The number of β-amino-alcohol motifs (C(OH)–C–C–N with tert-alkyl or cyclic N) is 1. The number of fused-ring (bicyclic) bond motifs is 1. The van der Waals surface area contributed by atoms with E-state index in [0.29, 0.717) is 34.0 Å². The van der Waals surface area contributed by atoms with Crippen LogP contribution in [-0.4, -0.2) is 101 Å². The van der Waals surface area contributed by atoms with Gasteiger partial charge in [0.25, 0.3) is 0 Å². The van der Waals surface area contributed by atoms with Crippen molar-refractivity contribution in [1.82, 2.24) is 4.90 Å². The van der Waals surface area contributed by atoms with Crippen molar-refractivity contribution in [1.29, 1.82) is 0 Å². The highest BCUT2D eigenvalue weighted by Crippen LogP contribution is 2.40. The number of ether oxygens (including phenoxy) is 2. The van der Waals surface area contributed by atoms with E-state index < -0.39 is 50.8 Å². The number of aliphatic hydroxyl groups excluding tert-OH is 1. The first-order valence-electron chi connectivity index (χ1n) is 15.0. The van der Waals surface area contributed by atoms with Crippen LogP contribution in [0.25, 0.3) is 10.1 Å². The molecule has 1 aromatic heterocycles. The maximum absolute atomic E-state index is 15.2. The van der Waals surface area contributed by atoms with Gasteiger partial charge in [-0.2, -0.15) is 26.3 Å². The SMILES string of the molecule is COCC(O)CN1CCC(Nc2cccc3c(CC(F)(F)F)c(C#CCNc4ccc(P(C)(C)=O)cc4OCC(F)(F)F)sc23)C(F)C1. The quantitative estimate of drug-likeness (QED) is 0.112. The summed E-state index contributed by atoms with van der Waals surface area (Å²) in [5.74, 6) is 5.35. The number of anilines is 2. The van der Waals surface area contributed by atoms with Gasteiger partial charge in [-0.3, -0.25) is 4.90 Å². The molecule has 1 aliphatic rings. The van der Waals surface area contributed by atoms with Crippen LogP contribution in [0.3, 0.4) is 0 Å². The molecule has 1 fully saturated rings. The van der Waals surface area contributed by atoms with Gasteiger partial charge in [-0.1, -0.05) is 24.0 Å². The Morgan fingerprint density at radius 2 is 1.88 bits per heavy atom.